The summed E-state index contributed by atoms with van der Waals surface area (Å²) in [5.74, 6) is -1.74. The van der Waals surface area contributed by atoms with Crippen LogP contribution in [0.15, 0.2) is 84.0 Å². The number of Topliss-reactive ketones (excluding diaryl/α,β-unsaturated/α-hetero) is 1. The lowest BCUT2D eigenvalue weighted by Crippen LogP contribution is -2.35. The van der Waals surface area contributed by atoms with Gasteiger partial charge in [-0.05, 0) is 55.3 Å². The number of ketones is 1. The summed E-state index contributed by atoms with van der Waals surface area (Å²) in [6.07, 6.45) is 2.77. The number of benzene rings is 3. The number of amides is 2. The molecule has 3 N–H and O–H groups in total. The Balaban J connectivity index is 1.22. The van der Waals surface area contributed by atoms with E-state index in [-0.39, 0.29) is 22.7 Å². The Morgan fingerprint density at radius 3 is 2.59 bits per heavy atom. The van der Waals surface area contributed by atoms with Gasteiger partial charge in [-0.15, -0.1) is 0 Å². The van der Waals surface area contributed by atoms with Gasteiger partial charge in [0.05, 0.1) is 23.3 Å². The fourth-order valence-electron chi connectivity index (χ4n) is 4.09. The summed E-state index contributed by atoms with van der Waals surface area (Å²) in [5.41, 5.74) is 5.60. The van der Waals surface area contributed by atoms with Gasteiger partial charge in [0, 0.05) is 28.0 Å². The first-order valence-electron chi connectivity index (χ1n) is 12.6. The second-order valence-corrected chi connectivity index (χ2v) is 9.82. The number of carbonyl (C=O) groups is 3. The minimum atomic E-state index is -0.765. The van der Waals surface area contributed by atoms with E-state index in [9.17, 15) is 23.2 Å². The van der Waals surface area contributed by atoms with Crippen LogP contribution >= 0.6 is 0 Å². The SMILES string of the molecule is C=C(/C=N\NNc1cccc(Oc2ccccc2F)c1)C(=O)c1cc2cc(F)c(N(C=O)C(=O)C3(C)CC3)cc2[nH]1. The van der Waals surface area contributed by atoms with Crippen LogP contribution < -0.4 is 20.6 Å². The van der Waals surface area contributed by atoms with E-state index in [1.807, 2.05) is 0 Å². The van der Waals surface area contributed by atoms with Crippen LogP contribution in [-0.2, 0) is 9.59 Å². The van der Waals surface area contributed by atoms with Crippen molar-refractivity contribution in [2.45, 2.75) is 19.8 Å². The third-order valence-electron chi connectivity index (χ3n) is 6.71. The average molecular weight is 558 g/mol. The number of anilines is 2. The van der Waals surface area contributed by atoms with E-state index in [0.29, 0.717) is 41.6 Å². The number of carbonyl (C=O) groups excluding carboxylic acids is 3. The van der Waals surface area contributed by atoms with Crippen molar-refractivity contribution in [2.24, 2.45) is 10.5 Å². The Hall–Kier alpha value is -5.32. The number of allylic oxidation sites excluding steroid dienone is 1. The standard InChI is InChI=1S/C30H25F2N5O4/c1-18(16-33-36-35-20-6-5-7-21(14-20)41-27-9-4-3-8-22(27)31)28(39)25-13-19-12-23(32)26(15-24(19)34-25)37(17-38)29(40)30(2)10-11-30/h3-9,12-17,34-36H,1,10-11H2,2H3/b33-16-. The Morgan fingerprint density at radius 2 is 1.85 bits per heavy atom. The van der Waals surface area contributed by atoms with E-state index in [1.54, 1.807) is 43.3 Å². The molecular formula is C30H25F2N5O4. The van der Waals surface area contributed by atoms with Gasteiger partial charge >= 0.3 is 0 Å². The van der Waals surface area contributed by atoms with Crippen molar-refractivity contribution in [3.63, 3.8) is 0 Å². The number of fused-ring (bicyclic) bond motifs is 1. The number of rotatable bonds is 11. The van der Waals surface area contributed by atoms with E-state index in [0.717, 1.165) is 11.0 Å². The number of hydrogen-bond donors (Lipinski definition) is 3. The zero-order chi connectivity index (χ0) is 29.1. The summed E-state index contributed by atoms with van der Waals surface area (Å²) in [7, 11) is 0. The maximum Gasteiger partial charge on any atom is 0.239 e. The molecule has 2 amide bonds. The van der Waals surface area contributed by atoms with Crippen molar-refractivity contribution in [1.82, 2.24) is 10.5 Å². The van der Waals surface area contributed by atoms with Gasteiger partial charge in [0.2, 0.25) is 18.1 Å². The third-order valence-corrected chi connectivity index (χ3v) is 6.71. The topological polar surface area (TPSA) is 116 Å². The summed E-state index contributed by atoms with van der Waals surface area (Å²) < 4.78 is 34.3. The molecule has 1 aliphatic carbocycles. The van der Waals surface area contributed by atoms with Crippen LogP contribution in [0.1, 0.15) is 30.3 Å². The van der Waals surface area contributed by atoms with E-state index in [2.05, 4.69) is 27.6 Å². The zero-order valence-electron chi connectivity index (χ0n) is 21.9. The summed E-state index contributed by atoms with van der Waals surface area (Å²) >= 11 is 0. The third kappa shape index (κ3) is 5.83. The number of halogens is 2. The molecule has 1 saturated carbocycles. The molecule has 1 fully saturated rings. The van der Waals surface area contributed by atoms with Crippen LogP contribution in [0.4, 0.5) is 20.2 Å². The van der Waals surface area contributed by atoms with Gasteiger partial charge in [-0.3, -0.25) is 19.8 Å². The quantitative estimate of drug-likeness (QED) is 0.0699. The summed E-state index contributed by atoms with van der Waals surface area (Å²) in [6, 6.07) is 16.7. The van der Waals surface area contributed by atoms with E-state index < -0.39 is 28.7 Å². The van der Waals surface area contributed by atoms with Crippen molar-refractivity contribution < 1.29 is 27.9 Å². The molecule has 0 saturated heterocycles. The fraction of sp³-hybridized carbons (Fsp3) is 0.133. The van der Waals surface area contributed by atoms with Crippen molar-refractivity contribution in [1.29, 1.82) is 0 Å². The first kappa shape index (κ1) is 27.3. The van der Waals surface area contributed by atoms with Crippen LogP contribution in [0.2, 0.25) is 0 Å². The second-order valence-electron chi connectivity index (χ2n) is 9.82. The number of hydrogen-bond acceptors (Lipinski definition) is 7. The number of nitrogens with one attached hydrogen (secondary N) is 3. The Kier molecular flexibility index (Phi) is 7.34. The predicted molar refractivity (Wildman–Crippen MR) is 151 cm³/mol. The van der Waals surface area contributed by atoms with E-state index in [4.69, 9.17) is 4.74 Å². The summed E-state index contributed by atoms with van der Waals surface area (Å²) in [6.45, 7) is 5.46. The van der Waals surface area contributed by atoms with Crippen molar-refractivity contribution >= 4 is 46.6 Å². The number of nitrogens with zero attached hydrogens (tertiary/aromatic N) is 2. The number of para-hydroxylation sites is 1. The number of hydrazine groups is 1. The second kappa shape index (κ2) is 11.0. The lowest BCUT2D eigenvalue weighted by Gasteiger charge is -2.20. The maximum absolute atomic E-state index is 14.9. The number of hydrazone groups is 1. The smallest absolute Gasteiger partial charge is 0.239 e. The number of aromatic amines is 1. The van der Waals surface area contributed by atoms with Crippen LogP contribution in [0.25, 0.3) is 10.9 Å². The first-order chi connectivity index (χ1) is 19.7. The minimum Gasteiger partial charge on any atom is -0.454 e. The highest BCUT2D eigenvalue weighted by Gasteiger charge is 2.48. The molecule has 0 atom stereocenters. The number of H-pyrrole nitrogens is 1. The van der Waals surface area contributed by atoms with Crippen LogP contribution in [-0.4, -0.2) is 29.3 Å². The van der Waals surface area contributed by atoms with Gasteiger partial charge in [0.15, 0.2) is 11.6 Å². The molecule has 5 rings (SSSR count). The molecule has 0 aliphatic heterocycles. The van der Waals surface area contributed by atoms with Crippen molar-refractivity contribution in [3.8, 4) is 11.5 Å². The fourth-order valence-corrected chi connectivity index (χ4v) is 4.09. The molecule has 0 unspecified atom stereocenters. The molecule has 208 valence electrons. The average Bonchev–Trinajstić information content (AvgIpc) is 3.59. The molecule has 11 heteroatoms. The van der Waals surface area contributed by atoms with Crippen LogP contribution in [0, 0.1) is 17.0 Å². The molecule has 1 heterocycles. The Bertz CT molecular complexity index is 1710. The van der Waals surface area contributed by atoms with Crippen molar-refractivity contribution in [3.05, 3.63) is 96.2 Å². The van der Waals surface area contributed by atoms with Gasteiger partial charge in [-0.1, -0.05) is 31.7 Å². The highest BCUT2D eigenvalue weighted by molar-refractivity contribution is 6.21. The van der Waals surface area contributed by atoms with Gasteiger partial charge < -0.3 is 9.72 Å². The molecular weight excluding hydrogens is 532 g/mol. The molecule has 0 bridgehead atoms. The number of ether oxygens (including phenoxy) is 1. The van der Waals surface area contributed by atoms with Gasteiger partial charge in [-0.25, -0.2) is 19.2 Å². The van der Waals surface area contributed by atoms with Crippen LogP contribution in [0.5, 0.6) is 11.5 Å². The molecule has 0 radical (unpaired) electrons. The highest BCUT2D eigenvalue weighted by Crippen LogP contribution is 2.47. The minimum absolute atomic E-state index is 0.0227. The molecule has 0 spiro atoms. The zero-order valence-corrected chi connectivity index (χ0v) is 21.9. The maximum atomic E-state index is 14.9. The highest BCUT2D eigenvalue weighted by atomic mass is 19.1. The number of aromatic nitrogens is 1. The summed E-state index contributed by atoms with van der Waals surface area (Å²) in [5, 5.41) is 4.32. The molecule has 1 aromatic heterocycles. The normalized spacial score (nSPS) is 13.5. The molecule has 4 aromatic rings. The Labute approximate surface area is 233 Å². The van der Waals surface area contributed by atoms with Gasteiger partial charge in [0.25, 0.3) is 0 Å². The van der Waals surface area contributed by atoms with Crippen molar-refractivity contribution in [2.75, 3.05) is 10.3 Å². The lowest BCUT2D eigenvalue weighted by atomic mass is 10.1. The van der Waals surface area contributed by atoms with Gasteiger partial charge in [0.1, 0.15) is 11.6 Å². The van der Waals surface area contributed by atoms with Gasteiger partial charge in [-0.2, -0.15) is 5.10 Å². The molecule has 1 aliphatic rings. The lowest BCUT2D eigenvalue weighted by molar-refractivity contribution is -0.125. The Morgan fingerprint density at radius 1 is 1.07 bits per heavy atom. The largest absolute Gasteiger partial charge is 0.454 e. The van der Waals surface area contributed by atoms with E-state index in [1.165, 1.54) is 30.5 Å². The molecule has 9 nitrogen and oxygen atoms in total. The first-order valence-corrected chi connectivity index (χ1v) is 12.6. The molecule has 3 aromatic carbocycles. The monoisotopic (exact) mass is 557 g/mol. The predicted octanol–water partition coefficient (Wildman–Crippen LogP) is 5.87. The number of imide groups is 1. The van der Waals surface area contributed by atoms with Crippen LogP contribution in [0.3, 0.4) is 0 Å². The molecule has 41 heavy (non-hydrogen) atoms. The van der Waals surface area contributed by atoms with E-state index >= 15 is 0 Å². The summed E-state index contributed by atoms with van der Waals surface area (Å²) in [4.78, 5) is 40.9.